The van der Waals surface area contributed by atoms with E-state index < -0.39 is 0 Å². The molecule has 0 N–H and O–H groups in total. The summed E-state index contributed by atoms with van der Waals surface area (Å²) in [5.74, 6) is 0. The number of azo groups is 1. The predicted octanol–water partition coefficient (Wildman–Crippen LogP) is 2.68. The van der Waals surface area contributed by atoms with Crippen molar-refractivity contribution in [3.8, 4) is 0 Å². The minimum atomic E-state index is -0.0388. The lowest BCUT2D eigenvalue weighted by molar-refractivity contribution is 0.413. The van der Waals surface area contributed by atoms with E-state index in [1.54, 1.807) is 0 Å². The molecule has 1 aliphatic rings. The van der Waals surface area contributed by atoms with Crippen molar-refractivity contribution in [3.63, 3.8) is 0 Å². The van der Waals surface area contributed by atoms with Crippen LogP contribution in [0.4, 0.5) is 0 Å². The Balaban J connectivity index is 2.28. The van der Waals surface area contributed by atoms with Gasteiger partial charge in [0.05, 0.1) is 0 Å². The molecule has 0 spiro atoms. The summed E-state index contributed by atoms with van der Waals surface area (Å²) in [7, 11) is 1.91. The van der Waals surface area contributed by atoms with Gasteiger partial charge in [-0.15, -0.1) is 5.11 Å². The van der Waals surface area contributed by atoms with Crippen molar-refractivity contribution < 1.29 is 0 Å². The first kappa shape index (κ1) is 9.27. The molecule has 0 radical (unpaired) electrons. The van der Waals surface area contributed by atoms with E-state index in [9.17, 15) is 0 Å². The number of hydrogen-bond donors (Lipinski definition) is 0. The van der Waals surface area contributed by atoms with Gasteiger partial charge in [-0.1, -0.05) is 29.8 Å². The van der Waals surface area contributed by atoms with Crippen molar-refractivity contribution in [2.24, 2.45) is 10.2 Å². The fourth-order valence-electron chi connectivity index (χ4n) is 1.39. The second kappa shape index (κ2) is 3.46. The highest BCUT2D eigenvalue weighted by Gasteiger charge is 2.23. The van der Waals surface area contributed by atoms with Crippen molar-refractivity contribution in [3.05, 3.63) is 35.4 Å². The van der Waals surface area contributed by atoms with Gasteiger partial charge in [0.1, 0.15) is 0 Å². The molecule has 1 heterocycles. The Kier molecular flexibility index (Phi) is 2.29. The molecule has 0 saturated heterocycles. The summed E-state index contributed by atoms with van der Waals surface area (Å²) in [6.45, 7) is 2.06. The van der Waals surface area contributed by atoms with Crippen LogP contribution in [0.15, 0.2) is 34.5 Å². The Bertz CT molecular complexity index is 383. The molecule has 4 heteroatoms. The topological polar surface area (TPSA) is 28.0 Å². The monoisotopic (exact) mass is 205 g/mol. The highest BCUT2D eigenvalue weighted by molar-refractivity contribution is 7.80. The van der Waals surface area contributed by atoms with Gasteiger partial charge >= 0.3 is 0 Å². The number of aryl methyl sites for hydroxylation is 1. The molecule has 0 aromatic heterocycles. The summed E-state index contributed by atoms with van der Waals surface area (Å²) in [4.78, 5) is 1.89. The van der Waals surface area contributed by atoms with E-state index in [0.717, 1.165) is 5.56 Å². The smallest absolute Gasteiger partial charge is 0.217 e. The van der Waals surface area contributed by atoms with Gasteiger partial charge in [0.25, 0.3) is 0 Å². The second-order valence-corrected chi connectivity index (χ2v) is 3.76. The quantitative estimate of drug-likeness (QED) is 0.659. The lowest BCUT2D eigenvalue weighted by atomic mass is 10.1. The maximum absolute atomic E-state index is 5.01. The van der Waals surface area contributed by atoms with Gasteiger partial charge in [0, 0.05) is 7.05 Å². The molecule has 3 nitrogen and oxygen atoms in total. The normalized spacial score (nSPS) is 20.6. The summed E-state index contributed by atoms with van der Waals surface area (Å²) >= 11 is 5.01. The van der Waals surface area contributed by atoms with Gasteiger partial charge in [-0.05, 0) is 24.7 Å². The molecule has 14 heavy (non-hydrogen) atoms. The summed E-state index contributed by atoms with van der Waals surface area (Å²) < 4.78 is 0. The van der Waals surface area contributed by atoms with E-state index in [1.165, 1.54) is 5.56 Å². The lowest BCUT2D eigenvalue weighted by Crippen LogP contribution is -2.21. The largest absolute Gasteiger partial charge is 0.322 e. The lowest BCUT2D eigenvalue weighted by Gasteiger charge is -2.17. The Hall–Kier alpha value is -1.29. The minimum absolute atomic E-state index is 0.0388. The van der Waals surface area contributed by atoms with Crippen LogP contribution in [0.5, 0.6) is 0 Å². The number of rotatable bonds is 1. The zero-order valence-corrected chi connectivity index (χ0v) is 8.95. The van der Waals surface area contributed by atoms with E-state index in [2.05, 4.69) is 41.4 Å². The third-order valence-corrected chi connectivity index (χ3v) is 2.67. The van der Waals surface area contributed by atoms with Crippen LogP contribution < -0.4 is 0 Å². The second-order valence-electron chi connectivity index (χ2n) is 3.39. The highest BCUT2D eigenvalue weighted by Crippen LogP contribution is 2.26. The Morgan fingerprint density at radius 2 is 1.93 bits per heavy atom. The molecule has 1 aliphatic heterocycles. The van der Waals surface area contributed by atoms with Crippen molar-refractivity contribution in [1.29, 1.82) is 0 Å². The van der Waals surface area contributed by atoms with Crippen LogP contribution in [-0.4, -0.2) is 17.1 Å². The molecular formula is C10H11N3S. The molecule has 1 aromatic carbocycles. The van der Waals surface area contributed by atoms with E-state index in [1.807, 2.05) is 11.9 Å². The Morgan fingerprint density at radius 1 is 1.29 bits per heavy atom. The SMILES string of the molecule is Cc1ccc(C2N=NC(=S)N2C)cc1. The van der Waals surface area contributed by atoms with Gasteiger partial charge in [-0.25, -0.2) is 0 Å². The third-order valence-electron chi connectivity index (χ3n) is 2.30. The van der Waals surface area contributed by atoms with Crippen LogP contribution in [0.2, 0.25) is 0 Å². The van der Waals surface area contributed by atoms with Gasteiger partial charge in [0.15, 0.2) is 6.17 Å². The predicted molar refractivity (Wildman–Crippen MR) is 59.1 cm³/mol. The van der Waals surface area contributed by atoms with Crippen LogP contribution in [0, 0.1) is 6.92 Å². The van der Waals surface area contributed by atoms with Crippen molar-refractivity contribution in [2.75, 3.05) is 7.05 Å². The first-order chi connectivity index (χ1) is 6.68. The standard InChI is InChI=1S/C10H11N3S/c1-7-3-5-8(6-4-7)9-11-12-10(14)13(9)2/h3-6,9H,1-2H3. The zero-order chi connectivity index (χ0) is 10.1. The summed E-state index contributed by atoms with van der Waals surface area (Å²) in [5, 5.41) is 8.54. The van der Waals surface area contributed by atoms with Crippen LogP contribution >= 0.6 is 12.2 Å². The molecule has 0 bridgehead atoms. The minimum Gasteiger partial charge on any atom is -0.322 e. The summed E-state index contributed by atoms with van der Waals surface area (Å²) in [6.07, 6.45) is -0.0388. The van der Waals surface area contributed by atoms with Crippen molar-refractivity contribution >= 4 is 17.3 Å². The number of hydrogen-bond acceptors (Lipinski definition) is 2. The first-order valence-corrected chi connectivity index (χ1v) is 4.83. The first-order valence-electron chi connectivity index (χ1n) is 4.42. The molecule has 2 rings (SSSR count). The molecule has 1 unspecified atom stereocenters. The summed E-state index contributed by atoms with van der Waals surface area (Å²) in [6, 6.07) is 8.26. The van der Waals surface area contributed by atoms with Gasteiger partial charge in [0.2, 0.25) is 5.11 Å². The molecule has 1 atom stereocenters. The van der Waals surface area contributed by atoms with Crippen molar-refractivity contribution in [2.45, 2.75) is 13.1 Å². The van der Waals surface area contributed by atoms with Gasteiger partial charge in [-0.3, -0.25) is 0 Å². The fourth-order valence-corrected chi connectivity index (χ4v) is 1.53. The van der Waals surface area contributed by atoms with E-state index in [0.29, 0.717) is 5.11 Å². The molecule has 72 valence electrons. The molecule has 0 aliphatic carbocycles. The average Bonchev–Trinajstić information content (AvgIpc) is 2.50. The Labute approximate surface area is 88.5 Å². The van der Waals surface area contributed by atoms with Crippen LogP contribution in [0.1, 0.15) is 17.3 Å². The van der Waals surface area contributed by atoms with Gasteiger partial charge in [-0.2, -0.15) is 5.11 Å². The maximum atomic E-state index is 5.01. The third kappa shape index (κ3) is 1.53. The van der Waals surface area contributed by atoms with Crippen LogP contribution in [0.3, 0.4) is 0 Å². The molecule has 1 aromatic rings. The molecular weight excluding hydrogens is 194 g/mol. The number of benzene rings is 1. The van der Waals surface area contributed by atoms with E-state index >= 15 is 0 Å². The molecule has 0 saturated carbocycles. The van der Waals surface area contributed by atoms with E-state index in [4.69, 9.17) is 12.2 Å². The van der Waals surface area contributed by atoms with E-state index in [-0.39, 0.29) is 6.17 Å². The van der Waals surface area contributed by atoms with Gasteiger partial charge < -0.3 is 4.90 Å². The number of nitrogens with zero attached hydrogens (tertiary/aromatic N) is 3. The average molecular weight is 205 g/mol. The molecule has 0 fully saturated rings. The molecule has 0 amide bonds. The summed E-state index contributed by atoms with van der Waals surface area (Å²) in [5.41, 5.74) is 2.37. The highest BCUT2D eigenvalue weighted by atomic mass is 32.1. The van der Waals surface area contributed by atoms with Crippen LogP contribution in [-0.2, 0) is 0 Å². The van der Waals surface area contributed by atoms with Crippen LogP contribution in [0.25, 0.3) is 0 Å². The number of thiocarbonyl (C=S) groups is 1. The Morgan fingerprint density at radius 3 is 2.43 bits per heavy atom. The fraction of sp³-hybridized carbons (Fsp3) is 0.300. The maximum Gasteiger partial charge on any atom is 0.217 e. The zero-order valence-electron chi connectivity index (χ0n) is 8.14. The van der Waals surface area contributed by atoms with Crippen molar-refractivity contribution in [1.82, 2.24) is 4.90 Å².